The summed E-state index contributed by atoms with van der Waals surface area (Å²) in [6.45, 7) is 10.2. The van der Waals surface area contributed by atoms with Crippen molar-refractivity contribution in [1.29, 1.82) is 0 Å². The van der Waals surface area contributed by atoms with Gasteiger partial charge in [0.2, 0.25) is 0 Å². The quantitative estimate of drug-likeness (QED) is 0.779. The van der Waals surface area contributed by atoms with Crippen molar-refractivity contribution in [3.05, 3.63) is 11.7 Å². The zero-order valence-corrected chi connectivity index (χ0v) is 13.0. The molecule has 0 aromatic heterocycles. The summed E-state index contributed by atoms with van der Waals surface area (Å²) >= 11 is 0. The number of hydrogen-bond donors (Lipinski definition) is 1. The van der Waals surface area contributed by atoms with E-state index in [4.69, 9.17) is 9.31 Å². The first-order valence-corrected chi connectivity index (χ1v) is 7.19. The first kappa shape index (κ1) is 15.5. The van der Waals surface area contributed by atoms with Gasteiger partial charge in [0.05, 0.1) is 11.2 Å². The van der Waals surface area contributed by atoms with Gasteiger partial charge in [0.1, 0.15) is 6.10 Å². The van der Waals surface area contributed by atoms with E-state index in [1.54, 1.807) is 11.1 Å². The zero-order chi connectivity index (χ0) is 15.1. The van der Waals surface area contributed by atoms with E-state index < -0.39 is 13.2 Å². The minimum atomic E-state index is -0.983. The Kier molecular flexibility index (Phi) is 4.02. The van der Waals surface area contributed by atoms with Gasteiger partial charge in [-0.2, -0.15) is 0 Å². The third kappa shape index (κ3) is 2.78. The Morgan fingerprint density at radius 2 is 1.90 bits per heavy atom. The van der Waals surface area contributed by atoms with Crippen LogP contribution in [-0.2, 0) is 14.1 Å². The Morgan fingerprint density at radius 1 is 1.35 bits per heavy atom. The summed E-state index contributed by atoms with van der Waals surface area (Å²) in [4.78, 5) is 13.4. The average molecular weight is 281 g/mol. The molecule has 1 amide bonds. The lowest BCUT2D eigenvalue weighted by Gasteiger charge is -2.32. The molecule has 1 fully saturated rings. The maximum atomic E-state index is 11.9. The molecule has 0 aromatic carbocycles. The van der Waals surface area contributed by atoms with Gasteiger partial charge < -0.3 is 19.3 Å². The van der Waals surface area contributed by atoms with E-state index in [0.29, 0.717) is 6.54 Å². The van der Waals surface area contributed by atoms with Crippen molar-refractivity contribution in [1.82, 2.24) is 4.90 Å². The van der Waals surface area contributed by atoms with Crippen LogP contribution in [0, 0.1) is 0 Å². The molecule has 1 saturated heterocycles. The highest BCUT2D eigenvalue weighted by Crippen LogP contribution is 2.39. The summed E-state index contributed by atoms with van der Waals surface area (Å²) in [6, 6.07) is 0. The number of amides is 1. The van der Waals surface area contributed by atoms with Crippen LogP contribution in [0.5, 0.6) is 0 Å². The van der Waals surface area contributed by atoms with Crippen molar-refractivity contribution < 1.29 is 19.2 Å². The Morgan fingerprint density at radius 3 is 2.40 bits per heavy atom. The molecule has 6 heteroatoms. The largest absolute Gasteiger partial charge is 0.492 e. The molecule has 0 aromatic rings. The van der Waals surface area contributed by atoms with Crippen molar-refractivity contribution in [2.45, 2.75) is 64.8 Å². The van der Waals surface area contributed by atoms with Crippen LogP contribution in [-0.4, -0.2) is 46.9 Å². The maximum absolute atomic E-state index is 11.9. The monoisotopic (exact) mass is 281 g/mol. The summed E-state index contributed by atoms with van der Waals surface area (Å²) in [5.41, 5.74) is 0.202. The number of rotatable bonds is 2. The number of aliphatic hydroxyl groups excluding tert-OH is 1. The third-order valence-corrected chi connectivity index (χ3v) is 4.38. The predicted molar refractivity (Wildman–Crippen MR) is 76.8 cm³/mol. The molecule has 0 spiro atoms. The van der Waals surface area contributed by atoms with Gasteiger partial charge in [-0.1, -0.05) is 0 Å². The van der Waals surface area contributed by atoms with Crippen LogP contribution in [0.15, 0.2) is 11.7 Å². The molecule has 0 saturated carbocycles. The van der Waals surface area contributed by atoms with Crippen LogP contribution in [0.2, 0.25) is 0 Å². The molecule has 0 radical (unpaired) electrons. The van der Waals surface area contributed by atoms with E-state index in [9.17, 15) is 9.90 Å². The predicted octanol–water partition coefficient (Wildman–Crippen LogP) is 1.50. The summed E-state index contributed by atoms with van der Waals surface area (Å²) in [6.07, 6.45) is 2.50. The average Bonchev–Trinajstić information content (AvgIpc) is 2.57. The smallest absolute Gasteiger partial charge is 0.400 e. The van der Waals surface area contributed by atoms with Gasteiger partial charge in [-0.15, -0.1) is 0 Å². The van der Waals surface area contributed by atoms with Gasteiger partial charge in [-0.05, 0) is 52.9 Å². The lowest BCUT2D eigenvalue weighted by atomic mass is 9.75. The molecule has 0 unspecified atom stereocenters. The standard InChI is InChI=1S/C14H24BNO4/c1-10(17)12(18)16-8-6-7-11(9-16)15-19-13(2,3)14(4,5)20-15/h9-10,17H,6-8H2,1-5H3/t10-/m0/s1. The number of hydrogen-bond acceptors (Lipinski definition) is 4. The van der Waals surface area contributed by atoms with E-state index >= 15 is 0 Å². The van der Waals surface area contributed by atoms with Crippen LogP contribution in [0.25, 0.3) is 0 Å². The highest BCUT2D eigenvalue weighted by atomic mass is 16.7. The number of aliphatic hydroxyl groups is 1. The van der Waals surface area contributed by atoms with Gasteiger partial charge in [-0.25, -0.2) is 0 Å². The topological polar surface area (TPSA) is 59.0 Å². The zero-order valence-electron chi connectivity index (χ0n) is 13.0. The highest BCUT2D eigenvalue weighted by Gasteiger charge is 2.52. The molecule has 2 aliphatic heterocycles. The Bertz CT molecular complexity index is 415. The number of nitrogens with zero attached hydrogens (tertiary/aromatic N) is 1. The van der Waals surface area contributed by atoms with Crippen molar-refractivity contribution >= 4 is 13.0 Å². The Labute approximate surface area is 121 Å². The lowest BCUT2D eigenvalue weighted by Crippen LogP contribution is -2.41. The molecular weight excluding hydrogens is 257 g/mol. The third-order valence-electron chi connectivity index (χ3n) is 4.38. The summed E-state index contributed by atoms with van der Waals surface area (Å²) in [7, 11) is -0.412. The number of carbonyl (C=O) groups is 1. The van der Waals surface area contributed by atoms with Crippen molar-refractivity contribution in [3.63, 3.8) is 0 Å². The van der Waals surface area contributed by atoms with Gasteiger partial charge >= 0.3 is 7.12 Å². The number of allylic oxidation sites excluding steroid dienone is 1. The first-order valence-electron chi connectivity index (χ1n) is 7.19. The molecule has 5 nitrogen and oxygen atoms in total. The molecule has 112 valence electrons. The maximum Gasteiger partial charge on any atom is 0.492 e. The van der Waals surface area contributed by atoms with Crippen molar-refractivity contribution in [3.8, 4) is 0 Å². The first-order chi connectivity index (χ1) is 9.14. The molecule has 0 bridgehead atoms. The van der Waals surface area contributed by atoms with E-state index in [2.05, 4.69) is 0 Å². The van der Waals surface area contributed by atoms with Crippen LogP contribution < -0.4 is 0 Å². The number of carbonyl (C=O) groups excluding carboxylic acids is 1. The molecule has 0 aliphatic carbocycles. The van der Waals surface area contributed by atoms with Crippen molar-refractivity contribution in [2.75, 3.05) is 6.54 Å². The van der Waals surface area contributed by atoms with Gasteiger partial charge in [-0.3, -0.25) is 4.79 Å². The van der Waals surface area contributed by atoms with E-state index in [1.807, 2.05) is 27.7 Å². The van der Waals surface area contributed by atoms with Crippen LogP contribution in [0.3, 0.4) is 0 Å². The molecule has 2 aliphatic rings. The Balaban J connectivity index is 2.16. The van der Waals surface area contributed by atoms with Gasteiger partial charge in [0.25, 0.3) is 5.91 Å². The molecule has 2 rings (SSSR count). The SMILES string of the molecule is C[C@H](O)C(=O)N1C=C(B2OC(C)(C)C(C)(C)O2)CCC1. The van der Waals surface area contributed by atoms with Crippen LogP contribution in [0.1, 0.15) is 47.5 Å². The van der Waals surface area contributed by atoms with E-state index in [1.165, 1.54) is 6.92 Å². The Hall–Kier alpha value is -0.845. The summed E-state index contributed by atoms with van der Waals surface area (Å²) < 4.78 is 12.0. The fraction of sp³-hybridized carbons (Fsp3) is 0.786. The molecule has 1 atom stereocenters. The minimum Gasteiger partial charge on any atom is -0.400 e. The fourth-order valence-corrected chi connectivity index (χ4v) is 2.37. The summed E-state index contributed by atoms with van der Waals surface area (Å²) in [5.74, 6) is -0.279. The van der Waals surface area contributed by atoms with E-state index in [0.717, 1.165) is 18.3 Å². The van der Waals surface area contributed by atoms with Gasteiger partial charge in [0, 0.05) is 12.7 Å². The molecule has 20 heavy (non-hydrogen) atoms. The van der Waals surface area contributed by atoms with Crippen LogP contribution >= 0.6 is 0 Å². The second-order valence-corrected chi connectivity index (χ2v) is 6.60. The highest BCUT2D eigenvalue weighted by molar-refractivity contribution is 6.54. The normalized spacial score (nSPS) is 26.4. The lowest BCUT2D eigenvalue weighted by molar-refractivity contribution is -0.136. The molecule has 2 heterocycles. The van der Waals surface area contributed by atoms with Crippen LogP contribution in [0.4, 0.5) is 0 Å². The summed E-state index contributed by atoms with van der Waals surface area (Å²) in [5, 5.41) is 9.41. The van der Waals surface area contributed by atoms with E-state index in [-0.39, 0.29) is 17.1 Å². The molecule has 1 N–H and O–H groups in total. The molecular formula is C14H24BNO4. The van der Waals surface area contributed by atoms with Gasteiger partial charge in [0.15, 0.2) is 0 Å². The fourth-order valence-electron chi connectivity index (χ4n) is 2.37. The second kappa shape index (κ2) is 5.17. The minimum absolute atomic E-state index is 0.279. The second-order valence-electron chi connectivity index (χ2n) is 6.60. The van der Waals surface area contributed by atoms with Crippen molar-refractivity contribution in [2.24, 2.45) is 0 Å².